The summed E-state index contributed by atoms with van der Waals surface area (Å²) >= 11 is 1.64. The van der Waals surface area contributed by atoms with Gasteiger partial charge in [0.2, 0.25) is 0 Å². The first-order valence-corrected chi connectivity index (χ1v) is 8.27. The molecule has 1 N–H and O–H groups in total. The van der Waals surface area contributed by atoms with Crippen molar-refractivity contribution in [2.24, 2.45) is 0 Å². The number of thioether (sulfide) groups is 1. The highest BCUT2D eigenvalue weighted by molar-refractivity contribution is 8.08. The number of methoxy groups -OCH3 is 1. The van der Waals surface area contributed by atoms with Crippen LogP contribution >= 0.6 is 11.8 Å². The number of hydrogen-bond acceptors (Lipinski definition) is 4. The minimum atomic E-state index is -0.235. The molecular formula is C18H17NO3S. The first kappa shape index (κ1) is 15.5. The molecule has 2 aromatic rings. The number of anilines is 1. The number of carbonyl (C=O) groups is 1. The van der Waals surface area contributed by atoms with Crippen LogP contribution in [0.3, 0.4) is 0 Å². The van der Waals surface area contributed by atoms with E-state index in [0.29, 0.717) is 18.1 Å². The van der Waals surface area contributed by atoms with Crippen LogP contribution in [0.15, 0.2) is 60.4 Å². The van der Waals surface area contributed by atoms with E-state index < -0.39 is 0 Å². The molecule has 1 amide bonds. The fraction of sp³-hybridized carbons (Fsp3) is 0.167. The number of ether oxygens (including phenoxy) is 2. The smallest absolute Gasteiger partial charge is 0.291 e. The summed E-state index contributed by atoms with van der Waals surface area (Å²) in [6.07, 6.45) is 0. The van der Waals surface area contributed by atoms with Gasteiger partial charge in [0.15, 0.2) is 5.76 Å². The molecular weight excluding hydrogens is 310 g/mol. The zero-order valence-electron chi connectivity index (χ0n) is 12.7. The second-order valence-corrected chi connectivity index (χ2v) is 6.01. The molecule has 1 aliphatic heterocycles. The normalized spacial score (nSPS) is 14.1. The maximum absolute atomic E-state index is 12.6. The molecule has 1 aliphatic rings. The molecule has 4 nitrogen and oxygen atoms in total. The zero-order chi connectivity index (χ0) is 16.1. The molecule has 0 saturated carbocycles. The molecule has 118 valence electrons. The van der Waals surface area contributed by atoms with Gasteiger partial charge in [-0.15, -0.1) is 11.8 Å². The van der Waals surface area contributed by atoms with Crippen molar-refractivity contribution in [2.45, 2.75) is 0 Å². The molecule has 0 atom stereocenters. The molecule has 1 heterocycles. The van der Waals surface area contributed by atoms with E-state index in [0.717, 1.165) is 22.0 Å². The summed E-state index contributed by atoms with van der Waals surface area (Å²) in [4.78, 5) is 13.4. The summed E-state index contributed by atoms with van der Waals surface area (Å²) in [7, 11) is 1.61. The SMILES string of the molecule is COc1ccc(NC(=O)C2=C(c3ccccc3)SCCO2)cc1. The molecule has 0 saturated heterocycles. The summed E-state index contributed by atoms with van der Waals surface area (Å²) < 4.78 is 10.8. The van der Waals surface area contributed by atoms with Crippen molar-refractivity contribution in [2.75, 3.05) is 24.8 Å². The Morgan fingerprint density at radius 1 is 1.13 bits per heavy atom. The Bertz CT molecular complexity index is 711. The summed E-state index contributed by atoms with van der Waals surface area (Å²) in [6.45, 7) is 0.534. The van der Waals surface area contributed by atoms with E-state index in [-0.39, 0.29) is 5.91 Å². The van der Waals surface area contributed by atoms with Crippen molar-refractivity contribution in [1.82, 2.24) is 0 Å². The molecule has 0 spiro atoms. The third-order valence-electron chi connectivity index (χ3n) is 3.37. The molecule has 0 aliphatic carbocycles. The predicted octanol–water partition coefficient (Wildman–Crippen LogP) is 3.77. The van der Waals surface area contributed by atoms with Gasteiger partial charge in [0.1, 0.15) is 5.75 Å². The molecule has 3 rings (SSSR count). The van der Waals surface area contributed by atoms with Crippen LogP contribution in [-0.4, -0.2) is 25.4 Å². The van der Waals surface area contributed by atoms with E-state index in [1.807, 2.05) is 30.3 Å². The average molecular weight is 327 g/mol. The lowest BCUT2D eigenvalue weighted by atomic mass is 10.2. The van der Waals surface area contributed by atoms with Crippen LogP contribution in [-0.2, 0) is 9.53 Å². The van der Waals surface area contributed by atoms with Gasteiger partial charge in [0, 0.05) is 11.4 Å². The van der Waals surface area contributed by atoms with Gasteiger partial charge in [0.25, 0.3) is 5.91 Å². The lowest BCUT2D eigenvalue weighted by molar-refractivity contribution is -0.115. The van der Waals surface area contributed by atoms with Crippen LogP contribution < -0.4 is 10.1 Å². The highest BCUT2D eigenvalue weighted by atomic mass is 32.2. The number of benzene rings is 2. The maximum atomic E-state index is 12.6. The van der Waals surface area contributed by atoms with Crippen molar-refractivity contribution in [3.05, 3.63) is 65.9 Å². The molecule has 0 unspecified atom stereocenters. The van der Waals surface area contributed by atoms with Gasteiger partial charge in [0.05, 0.1) is 18.6 Å². The van der Waals surface area contributed by atoms with E-state index in [1.165, 1.54) is 0 Å². The quantitative estimate of drug-likeness (QED) is 0.929. The van der Waals surface area contributed by atoms with Gasteiger partial charge in [-0.2, -0.15) is 0 Å². The molecule has 5 heteroatoms. The Labute approximate surface area is 139 Å². The van der Waals surface area contributed by atoms with Crippen LogP contribution in [0.1, 0.15) is 5.56 Å². The molecule has 0 bridgehead atoms. The lowest BCUT2D eigenvalue weighted by Crippen LogP contribution is -2.21. The second kappa shape index (κ2) is 7.24. The van der Waals surface area contributed by atoms with E-state index in [1.54, 1.807) is 43.1 Å². The Morgan fingerprint density at radius 2 is 1.87 bits per heavy atom. The number of hydrogen-bond donors (Lipinski definition) is 1. The number of rotatable bonds is 4. The lowest BCUT2D eigenvalue weighted by Gasteiger charge is -2.20. The molecule has 0 aromatic heterocycles. The zero-order valence-corrected chi connectivity index (χ0v) is 13.6. The van der Waals surface area contributed by atoms with Crippen molar-refractivity contribution < 1.29 is 14.3 Å². The topological polar surface area (TPSA) is 47.6 Å². The predicted molar refractivity (Wildman–Crippen MR) is 93.4 cm³/mol. The van der Waals surface area contributed by atoms with Gasteiger partial charge in [-0.05, 0) is 29.8 Å². The van der Waals surface area contributed by atoms with Gasteiger partial charge in [-0.1, -0.05) is 30.3 Å². The fourth-order valence-corrected chi connectivity index (χ4v) is 3.21. The highest BCUT2D eigenvalue weighted by Crippen LogP contribution is 2.35. The Balaban J connectivity index is 1.84. The standard InChI is InChI=1S/C18H17NO3S/c1-21-15-9-7-14(8-10-15)19-18(20)16-17(23-12-11-22-16)13-5-3-2-4-6-13/h2-10H,11-12H2,1H3,(H,19,20). The monoisotopic (exact) mass is 327 g/mol. The minimum Gasteiger partial charge on any atom is -0.497 e. The largest absolute Gasteiger partial charge is 0.497 e. The van der Waals surface area contributed by atoms with Crippen molar-refractivity contribution in [3.63, 3.8) is 0 Å². The molecule has 23 heavy (non-hydrogen) atoms. The fourth-order valence-electron chi connectivity index (χ4n) is 2.25. The first-order chi connectivity index (χ1) is 11.3. The summed E-state index contributed by atoms with van der Waals surface area (Å²) in [6, 6.07) is 17.0. The summed E-state index contributed by atoms with van der Waals surface area (Å²) in [5.41, 5.74) is 1.70. The minimum absolute atomic E-state index is 0.235. The van der Waals surface area contributed by atoms with Crippen LogP contribution in [0.2, 0.25) is 0 Å². The van der Waals surface area contributed by atoms with E-state index >= 15 is 0 Å². The third kappa shape index (κ3) is 3.68. The first-order valence-electron chi connectivity index (χ1n) is 7.28. The number of carbonyl (C=O) groups excluding carboxylic acids is 1. The van der Waals surface area contributed by atoms with E-state index in [4.69, 9.17) is 9.47 Å². The second-order valence-electron chi connectivity index (χ2n) is 4.90. The van der Waals surface area contributed by atoms with Crippen LogP contribution in [0.5, 0.6) is 5.75 Å². The van der Waals surface area contributed by atoms with Gasteiger partial charge < -0.3 is 14.8 Å². The van der Waals surface area contributed by atoms with Gasteiger partial charge in [-0.25, -0.2) is 0 Å². The Morgan fingerprint density at radius 3 is 2.57 bits per heavy atom. The van der Waals surface area contributed by atoms with E-state index in [2.05, 4.69) is 5.32 Å². The maximum Gasteiger partial charge on any atom is 0.291 e. The van der Waals surface area contributed by atoms with Gasteiger partial charge >= 0.3 is 0 Å². The van der Waals surface area contributed by atoms with Crippen LogP contribution in [0, 0.1) is 0 Å². The van der Waals surface area contributed by atoms with E-state index in [9.17, 15) is 4.79 Å². The average Bonchev–Trinajstić information content (AvgIpc) is 2.63. The van der Waals surface area contributed by atoms with Crippen LogP contribution in [0.4, 0.5) is 5.69 Å². The summed E-state index contributed by atoms with van der Waals surface area (Å²) in [5.74, 6) is 1.73. The molecule has 0 radical (unpaired) electrons. The molecule has 2 aromatic carbocycles. The Kier molecular flexibility index (Phi) is 4.88. The van der Waals surface area contributed by atoms with Crippen molar-refractivity contribution in [3.8, 4) is 5.75 Å². The molecule has 0 fully saturated rings. The van der Waals surface area contributed by atoms with Crippen LogP contribution in [0.25, 0.3) is 4.91 Å². The van der Waals surface area contributed by atoms with Crippen molar-refractivity contribution in [1.29, 1.82) is 0 Å². The van der Waals surface area contributed by atoms with Crippen molar-refractivity contribution >= 4 is 28.3 Å². The number of amides is 1. The summed E-state index contributed by atoms with van der Waals surface area (Å²) in [5, 5.41) is 2.87. The van der Waals surface area contributed by atoms with Gasteiger partial charge in [-0.3, -0.25) is 4.79 Å². The number of nitrogens with one attached hydrogen (secondary N) is 1. The Hall–Kier alpha value is -2.40. The highest BCUT2D eigenvalue weighted by Gasteiger charge is 2.23. The third-order valence-corrected chi connectivity index (χ3v) is 4.45.